The van der Waals surface area contributed by atoms with Gasteiger partial charge in [-0.1, -0.05) is 12.1 Å². The largest absolute Gasteiger partial charge is 0.356 e. The van der Waals surface area contributed by atoms with E-state index in [0.717, 1.165) is 13.0 Å². The second kappa shape index (κ2) is 3.91. The van der Waals surface area contributed by atoms with Gasteiger partial charge in [0, 0.05) is 12.0 Å². The van der Waals surface area contributed by atoms with Gasteiger partial charge in [0.1, 0.15) is 0 Å². The van der Waals surface area contributed by atoms with E-state index in [9.17, 15) is 0 Å². The van der Waals surface area contributed by atoms with Gasteiger partial charge in [-0.05, 0) is 37.8 Å². The monoisotopic (exact) mass is 216 g/mol. The van der Waals surface area contributed by atoms with E-state index in [1.165, 1.54) is 29.3 Å². The number of hydrogen-bond donors (Lipinski definition) is 0. The fraction of sp³-hybridized carbons (Fsp3) is 0.462. The predicted molar refractivity (Wildman–Crippen MR) is 63.3 cm³/mol. The molecule has 1 aromatic heterocycles. The van der Waals surface area contributed by atoms with Crippen molar-refractivity contribution in [1.29, 1.82) is 0 Å². The molecule has 1 unspecified atom stereocenters. The lowest BCUT2D eigenvalue weighted by molar-refractivity contribution is -0.0366. The van der Waals surface area contributed by atoms with E-state index in [-0.39, 0.29) is 6.23 Å². The Hall–Kier alpha value is -1.35. The maximum Gasteiger partial charge on any atom is 0.150 e. The maximum absolute atomic E-state index is 5.77. The first kappa shape index (κ1) is 9.85. The van der Waals surface area contributed by atoms with Gasteiger partial charge in [-0.25, -0.2) is 4.68 Å². The zero-order valence-corrected chi connectivity index (χ0v) is 9.52. The van der Waals surface area contributed by atoms with E-state index in [1.807, 2.05) is 10.9 Å². The highest BCUT2D eigenvalue weighted by molar-refractivity contribution is 5.79. The molecule has 84 valence electrons. The highest BCUT2D eigenvalue weighted by Crippen LogP contribution is 2.26. The van der Waals surface area contributed by atoms with Crippen LogP contribution in [0.2, 0.25) is 0 Å². The third kappa shape index (κ3) is 1.61. The lowest BCUT2D eigenvalue weighted by atomic mass is 10.1. The molecule has 16 heavy (non-hydrogen) atoms. The highest BCUT2D eigenvalue weighted by Gasteiger charge is 2.18. The molecule has 0 N–H and O–H groups in total. The molecule has 3 rings (SSSR count). The average molecular weight is 216 g/mol. The fourth-order valence-electron chi connectivity index (χ4n) is 2.29. The lowest BCUT2D eigenvalue weighted by Gasteiger charge is -2.23. The van der Waals surface area contributed by atoms with Crippen LogP contribution < -0.4 is 0 Å². The highest BCUT2D eigenvalue weighted by atomic mass is 16.5. The molecule has 0 bridgehead atoms. The number of aryl methyl sites for hydroxylation is 1. The third-order valence-corrected chi connectivity index (χ3v) is 3.18. The van der Waals surface area contributed by atoms with E-state index in [0.29, 0.717) is 0 Å². The van der Waals surface area contributed by atoms with E-state index in [1.54, 1.807) is 0 Å². The molecule has 3 nitrogen and oxygen atoms in total. The summed E-state index contributed by atoms with van der Waals surface area (Å²) in [4.78, 5) is 0. The summed E-state index contributed by atoms with van der Waals surface area (Å²) in [7, 11) is 0. The van der Waals surface area contributed by atoms with Crippen LogP contribution in [0.3, 0.4) is 0 Å². The van der Waals surface area contributed by atoms with Gasteiger partial charge in [-0.2, -0.15) is 5.10 Å². The Kier molecular flexibility index (Phi) is 2.40. The molecule has 1 aliphatic heterocycles. The van der Waals surface area contributed by atoms with Crippen molar-refractivity contribution in [3.8, 4) is 0 Å². The normalized spacial score (nSPS) is 21.4. The number of nitrogens with zero attached hydrogens (tertiary/aromatic N) is 2. The topological polar surface area (TPSA) is 27.1 Å². The zero-order valence-electron chi connectivity index (χ0n) is 9.52. The molecule has 2 aromatic rings. The van der Waals surface area contributed by atoms with E-state index >= 15 is 0 Å². The van der Waals surface area contributed by atoms with Gasteiger partial charge in [0.2, 0.25) is 0 Å². The molecule has 1 aliphatic rings. The molecule has 3 heteroatoms. The van der Waals surface area contributed by atoms with Crippen LogP contribution in [0.15, 0.2) is 24.4 Å². The van der Waals surface area contributed by atoms with Crippen LogP contribution in [-0.2, 0) is 4.74 Å². The van der Waals surface area contributed by atoms with Gasteiger partial charge >= 0.3 is 0 Å². The number of fused-ring (bicyclic) bond motifs is 1. The van der Waals surface area contributed by atoms with Gasteiger partial charge in [-0.3, -0.25) is 0 Å². The van der Waals surface area contributed by atoms with E-state index in [2.05, 4.69) is 30.2 Å². The molecular weight excluding hydrogens is 200 g/mol. The van der Waals surface area contributed by atoms with Crippen molar-refractivity contribution in [2.24, 2.45) is 0 Å². The Morgan fingerprint density at radius 1 is 1.38 bits per heavy atom. The molecule has 1 atom stereocenters. The fourth-order valence-corrected chi connectivity index (χ4v) is 2.29. The quantitative estimate of drug-likeness (QED) is 0.732. The summed E-state index contributed by atoms with van der Waals surface area (Å²) in [6.07, 6.45) is 5.54. The molecule has 0 radical (unpaired) electrons. The molecule has 0 amide bonds. The van der Waals surface area contributed by atoms with Crippen molar-refractivity contribution in [2.45, 2.75) is 32.4 Å². The molecule has 0 saturated carbocycles. The van der Waals surface area contributed by atoms with Gasteiger partial charge in [0.05, 0.1) is 11.7 Å². The van der Waals surface area contributed by atoms with Crippen molar-refractivity contribution in [3.05, 3.63) is 30.0 Å². The van der Waals surface area contributed by atoms with Gasteiger partial charge in [-0.15, -0.1) is 0 Å². The number of aromatic nitrogens is 2. The lowest BCUT2D eigenvalue weighted by Crippen LogP contribution is -2.18. The van der Waals surface area contributed by atoms with Crippen LogP contribution in [0.1, 0.15) is 31.1 Å². The molecule has 0 aliphatic carbocycles. The smallest absolute Gasteiger partial charge is 0.150 e. The minimum atomic E-state index is 0.132. The Labute approximate surface area is 95.0 Å². The van der Waals surface area contributed by atoms with Crippen molar-refractivity contribution in [1.82, 2.24) is 9.78 Å². The van der Waals surface area contributed by atoms with Crippen molar-refractivity contribution < 1.29 is 4.74 Å². The summed E-state index contributed by atoms with van der Waals surface area (Å²) in [5, 5.41) is 5.65. The summed E-state index contributed by atoms with van der Waals surface area (Å²) in [6, 6.07) is 6.42. The first-order valence-electron chi connectivity index (χ1n) is 5.90. The number of benzene rings is 1. The molecule has 2 heterocycles. The summed E-state index contributed by atoms with van der Waals surface area (Å²) >= 11 is 0. The molecular formula is C13H16N2O. The predicted octanol–water partition coefficient (Wildman–Crippen LogP) is 3.04. The van der Waals surface area contributed by atoms with Crippen LogP contribution in [0.5, 0.6) is 0 Å². The zero-order chi connectivity index (χ0) is 11.0. The molecule has 1 aromatic carbocycles. The van der Waals surface area contributed by atoms with Crippen LogP contribution in [0, 0.1) is 6.92 Å². The molecule has 1 saturated heterocycles. The Morgan fingerprint density at radius 3 is 3.12 bits per heavy atom. The second-order valence-corrected chi connectivity index (χ2v) is 4.47. The van der Waals surface area contributed by atoms with Crippen LogP contribution in [-0.4, -0.2) is 16.4 Å². The van der Waals surface area contributed by atoms with Crippen molar-refractivity contribution >= 4 is 10.9 Å². The Balaban J connectivity index is 2.05. The van der Waals surface area contributed by atoms with E-state index in [4.69, 9.17) is 4.74 Å². The molecule has 1 fully saturated rings. The van der Waals surface area contributed by atoms with Gasteiger partial charge < -0.3 is 4.74 Å². The summed E-state index contributed by atoms with van der Waals surface area (Å²) in [5.41, 5.74) is 2.46. The SMILES string of the molecule is Cc1ccc2cnn(C3CCCCO3)c2c1. The molecule has 0 spiro atoms. The van der Waals surface area contributed by atoms with Crippen LogP contribution in [0.4, 0.5) is 0 Å². The Morgan fingerprint density at radius 2 is 2.31 bits per heavy atom. The van der Waals surface area contributed by atoms with Gasteiger partial charge in [0.25, 0.3) is 0 Å². The number of ether oxygens (including phenoxy) is 1. The minimum absolute atomic E-state index is 0.132. The first-order chi connectivity index (χ1) is 7.84. The van der Waals surface area contributed by atoms with Crippen LogP contribution >= 0.6 is 0 Å². The standard InChI is InChI=1S/C13H16N2O/c1-10-5-6-11-9-14-15(12(11)8-10)13-4-2-3-7-16-13/h5-6,8-9,13H,2-4,7H2,1H3. The summed E-state index contributed by atoms with van der Waals surface area (Å²) < 4.78 is 7.80. The number of rotatable bonds is 1. The summed E-state index contributed by atoms with van der Waals surface area (Å²) in [6.45, 7) is 2.97. The second-order valence-electron chi connectivity index (χ2n) is 4.47. The van der Waals surface area contributed by atoms with Crippen molar-refractivity contribution in [3.63, 3.8) is 0 Å². The average Bonchev–Trinajstić information content (AvgIpc) is 2.73. The van der Waals surface area contributed by atoms with Crippen molar-refractivity contribution in [2.75, 3.05) is 6.61 Å². The summed E-state index contributed by atoms with van der Waals surface area (Å²) in [5.74, 6) is 0. The minimum Gasteiger partial charge on any atom is -0.356 e. The first-order valence-corrected chi connectivity index (χ1v) is 5.90. The maximum atomic E-state index is 5.77. The third-order valence-electron chi connectivity index (χ3n) is 3.18. The van der Waals surface area contributed by atoms with Gasteiger partial charge in [0.15, 0.2) is 6.23 Å². The number of hydrogen-bond acceptors (Lipinski definition) is 2. The van der Waals surface area contributed by atoms with E-state index < -0.39 is 0 Å². The Bertz CT molecular complexity index is 498. The van der Waals surface area contributed by atoms with Crippen LogP contribution in [0.25, 0.3) is 10.9 Å².